The molecule has 0 aliphatic carbocycles. The summed E-state index contributed by atoms with van der Waals surface area (Å²) in [4.78, 5) is 21.9. The van der Waals surface area contributed by atoms with E-state index in [1.54, 1.807) is 11.3 Å². The summed E-state index contributed by atoms with van der Waals surface area (Å²) in [6.07, 6.45) is 3.06. The molecule has 3 aromatic rings. The zero-order valence-electron chi connectivity index (χ0n) is 19.7. The van der Waals surface area contributed by atoms with Crippen molar-refractivity contribution in [3.8, 4) is 11.3 Å². The lowest BCUT2D eigenvalue weighted by Gasteiger charge is -2.34. The number of aryl methyl sites for hydroxylation is 2. The number of piperidine rings is 1. The Bertz CT molecular complexity index is 1090. The van der Waals surface area contributed by atoms with Crippen LogP contribution in [0.3, 0.4) is 0 Å². The number of morpholine rings is 1. The average molecular weight is 467 g/mol. The Kier molecular flexibility index (Phi) is 6.71. The number of nitrogens with one attached hydrogen (secondary N) is 2. The normalized spacial score (nSPS) is 18.2. The number of rotatable bonds is 5. The van der Waals surface area contributed by atoms with Crippen molar-refractivity contribution in [2.75, 3.05) is 45.9 Å². The molecular weight excluding hydrogens is 432 g/mol. The van der Waals surface area contributed by atoms with Crippen molar-refractivity contribution >= 4 is 27.6 Å². The number of carbonyl (C=O) groups excluding carboxylic acids is 1. The lowest BCUT2D eigenvalue weighted by molar-refractivity contribution is 0.0517. The molecule has 33 heavy (non-hydrogen) atoms. The predicted molar refractivity (Wildman–Crippen MR) is 135 cm³/mol. The first-order chi connectivity index (χ1) is 16.1. The molecule has 4 heterocycles. The Morgan fingerprint density at radius 3 is 2.58 bits per heavy atom. The Balaban J connectivity index is 1.20. The highest BCUT2D eigenvalue weighted by Gasteiger charge is 2.24. The summed E-state index contributed by atoms with van der Waals surface area (Å²) in [6.45, 7) is 10.1. The molecule has 0 unspecified atom stereocenters. The van der Waals surface area contributed by atoms with Crippen molar-refractivity contribution < 1.29 is 9.53 Å². The molecule has 1 aromatic carbocycles. The van der Waals surface area contributed by atoms with E-state index in [0.29, 0.717) is 26.3 Å². The number of hydrogen-bond donors (Lipinski definition) is 2. The minimum Gasteiger partial charge on any atom is -0.378 e. The molecule has 0 radical (unpaired) electrons. The van der Waals surface area contributed by atoms with Gasteiger partial charge in [0.1, 0.15) is 4.83 Å². The van der Waals surface area contributed by atoms with Crippen molar-refractivity contribution in [3.63, 3.8) is 0 Å². The maximum Gasteiger partial charge on any atom is 0.317 e. The van der Waals surface area contributed by atoms with Gasteiger partial charge in [0.2, 0.25) is 0 Å². The van der Waals surface area contributed by atoms with E-state index in [0.717, 1.165) is 38.9 Å². The number of aromatic amines is 1. The highest BCUT2D eigenvalue weighted by Crippen LogP contribution is 2.34. The second kappa shape index (κ2) is 9.87. The van der Waals surface area contributed by atoms with Gasteiger partial charge in [0, 0.05) is 44.2 Å². The molecule has 0 atom stereocenters. The minimum absolute atomic E-state index is 0.0713. The van der Waals surface area contributed by atoms with Crippen LogP contribution in [0.1, 0.15) is 29.5 Å². The van der Waals surface area contributed by atoms with E-state index < -0.39 is 0 Å². The van der Waals surface area contributed by atoms with Gasteiger partial charge in [0.25, 0.3) is 0 Å². The van der Waals surface area contributed by atoms with E-state index in [-0.39, 0.29) is 12.1 Å². The zero-order valence-corrected chi connectivity index (χ0v) is 20.5. The quantitative estimate of drug-likeness (QED) is 0.579. The zero-order chi connectivity index (χ0) is 22.8. The summed E-state index contributed by atoms with van der Waals surface area (Å²) in [6, 6.07) is 9.41. The van der Waals surface area contributed by atoms with Gasteiger partial charge in [-0.3, -0.25) is 0 Å². The molecule has 176 valence electrons. The summed E-state index contributed by atoms with van der Waals surface area (Å²) >= 11 is 1.78. The summed E-state index contributed by atoms with van der Waals surface area (Å²) in [7, 11) is 0. The Hall–Kier alpha value is -2.35. The molecule has 2 fully saturated rings. The Morgan fingerprint density at radius 2 is 1.85 bits per heavy atom. The average Bonchev–Trinajstić information content (AvgIpc) is 3.40. The van der Waals surface area contributed by atoms with Crippen molar-refractivity contribution in [1.82, 2.24) is 20.1 Å². The van der Waals surface area contributed by atoms with Gasteiger partial charge in [-0.25, -0.2) is 4.79 Å². The number of nitrogens with zero attached hydrogens (tertiary/aromatic N) is 2. The maximum atomic E-state index is 12.5. The molecule has 2 saturated heterocycles. The van der Waals surface area contributed by atoms with Crippen molar-refractivity contribution in [3.05, 3.63) is 46.3 Å². The van der Waals surface area contributed by atoms with Crippen molar-refractivity contribution in [2.45, 2.75) is 39.2 Å². The van der Waals surface area contributed by atoms with Crippen LogP contribution in [-0.2, 0) is 11.2 Å². The molecule has 5 rings (SSSR count). The third-order valence-corrected chi connectivity index (χ3v) is 7.76. The summed E-state index contributed by atoms with van der Waals surface area (Å²) in [5.41, 5.74) is 6.59. The molecule has 0 spiro atoms. The van der Waals surface area contributed by atoms with Gasteiger partial charge in [0.05, 0.1) is 18.9 Å². The number of hydrogen-bond acceptors (Lipinski definition) is 4. The van der Waals surface area contributed by atoms with Crippen LogP contribution in [0.25, 0.3) is 21.5 Å². The number of H-pyrrole nitrogens is 1. The van der Waals surface area contributed by atoms with E-state index in [9.17, 15) is 4.79 Å². The van der Waals surface area contributed by atoms with Crippen LogP contribution in [-0.4, -0.2) is 72.8 Å². The van der Waals surface area contributed by atoms with Gasteiger partial charge >= 0.3 is 6.03 Å². The van der Waals surface area contributed by atoms with Crippen LogP contribution in [0.4, 0.5) is 4.79 Å². The first-order valence-corrected chi connectivity index (χ1v) is 13.0. The SMILES string of the molecule is Cc1cc(C)cc(-c2[nH]c3sccc3c2CCN2CCC(NC(=O)N3CCOCC3)CC2)c1. The standard InChI is InChI=1S/C26H34N4O2S/c1-18-15-19(2)17-20(16-18)24-22(23-6-14-33-25(23)28-24)5-9-29-7-3-21(4-8-29)27-26(31)30-10-12-32-13-11-30/h6,14-17,21,28H,3-5,7-13H2,1-2H3,(H,27,31). The molecule has 7 heteroatoms. The van der Waals surface area contributed by atoms with E-state index in [2.05, 4.69) is 58.7 Å². The van der Waals surface area contributed by atoms with Gasteiger partial charge < -0.3 is 24.8 Å². The second-order valence-corrected chi connectivity index (χ2v) is 10.3. The first kappa shape index (κ1) is 22.4. The Labute approximate surface area is 199 Å². The Morgan fingerprint density at radius 1 is 1.12 bits per heavy atom. The van der Waals surface area contributed by atoms with Crippen molar-refractivity contribution in [2.24, 2.45) is 0 Å². The number of aromatic nitrogens is 1. The molecule has 2 aliphatic rings. The van der Waals surface area contributed by atoms with Crippen LogP contribution < -0.4 is 5.32 Å². The second-order valence-electron chi connectivity index (χ2n) is 9.43. The van der Waals surface area contributed by atoms with E-state index in [1.165, 1.54) is 38.2 Å². The van der Waals surface area contributed by atoms with E-state index >= 15 is 0 Å². The summed E-state index contributed by atoms with van der Waals surface area (Å²) in [5, 5.41) is 6.78. The van der Waals surface area contributed by atoms with Gasteiger partial charge in [-0.15, -0.1) is 11.3 Å². The van der Waals surface area contributed by atoms with Crippen LogP contribution in [0.15, 0.2) is 29.6 Å². The summed E-state index contributed by atoms with van der Waals surface area (Å²) in [5.74, 6) is 0. The monoisotopic (exact) mass is 466 g/mol. The maximum absolute atomic E-state index is 12.5. The number of fused-ring (bicyclic) bond motifs is 1. The van der Waals surface area contributed by atoms with Gasteiger partial charge in [-0.05, 0) is 67.8 Å². The molecule has 2 aliphatic heterocycles. The molecule has 6 nitrogen and oxygen atoms in total. The first-order valence-electron chi connectivity index (χ1n) is 12.1. The molecule has 2 aromatic heterocycles. The molecular formula is C26H34N4O2S. The lowest BCUT2D eigenvalue weighted by Crippen LogP contribution is -2.52. The molecule has 2 N–H and O–H groups in total. The third-order valence-electron chi connectivity index (χ3n) is 6.93. The number of carbonyl (C=O) groups is 1. The number of urea groups is 1. The highest BCUT2D eigenvalue weighted by molar-refractivity contribution is 7.16. The molecule has 0 saturated carbocycles. The topological polar surface area (TPSA) is 60.6 Å². The predicted octanol–water partition coefficient (Wildman–Crippen LogP) is 4.56. The lowest BCUT2D eigenvalue weighted by atomic mass is 9.99. The number of ether oxygens (including phenoxy) is 1. The van der Waals surface area contributed by atoms with Crippen molar-refractivity contribution in [1.29, 1.82) is 0 Å². The van der Waals surface area contributed by atoms with Gasteiger partial charge in [-0.2, -0.15) is 0 Å². The smallest absolute Gasteiger partial charge is 0.317 e. The number of amides is 2. The minimum atomic E-state index is 0.0713. The van der Waals surface area contributed by atoms with Crippen LogP contribution in [0.5, 0.6) is 0 Å². The fourth-order valence-corrected chi connectivity index (χ4v) is 6.02. The summed E-state index contributed by atoms with van der Waals surface area (Å²) < 4.78 is 5.35. The molecule has 0 bridgehead atoms. The fraction of sp³-hybridized carbons (Fsp3) is 0.500. The van der Waals surface area contributed by atoms with Crippen LogP contribution in [0, 0.1) is 13.8 Å². The fourth-order valence-electron chi connectivity index (χ4n) is 5.20. The van der Waals surface area contributed by atoms with E-state index in [1.807, 2.05) is 4.90 Å². The van der Waals surface area contributed by atoms with E-state index in [4.69, 9.17) is 4.74 Å². The largest absolute Gasteiger partial charge is 0.378 e. The van der Waals surface area contributed by atoms with Gasteiger partial charge in [-0.1, -0.05) is 17.2 Å². The van der Waals surface area contributed by atoms with Crippen LogP contribution in [0.2, 0.25) is 0 Å². The number of thiophene rings is 1. The third kappa shape index (κ3) is 5.10. The van der Waals surface area contributed by atoms with Crippen LogP contribution >= 0.6 is 11.3 Å². The number of benzene rings is 1. The highest BCUT2D eigenvalue weighted by atomic mass is 32.1. The molecule has 2 amide bonds. The van der Waals surface area contributed by atoms with Gasteiger partial charge in [0.15, 0.2) is 0 Å². The number of likely N-dealkylation sites (tertiary alicyclic amines) is 1.